The van der Waals surface area contributed by atoms with Crippen LogP contribution < -0.4 is 10.5 Å². The van der Waals surface area contributed by atoms with Gasteiger partial charge in [-0.05, 0) is 61.5 Å². The predicted octanol–water partition coefficient (Wildman–Crippen LogP) is 3.14. The SMILES string of the molecule is N=C(N)N1CCc2ccc(OCC3CCN(Cc4ccccc4[N+](=O)[O-])CC3)cc2C1. The summed E-state index contributed by atoms with van der Waals surface area (Å²) in [5.74, 6) is 1.46. The molecule has 0 saturated carbocycles. The Balaban J connectivity index is 1.27. The van der Waals surface area contributed by atoms with Crippen LogP contribution in [0.1, 0.15) is 29.5 Å². The number of piperidine rings is 1. The zero-order chi connectivity index (χ0) is 21.8. The minimum atomic E-state index is -0.301. The summed E-state index contributed by atoms with van der Waals surface area (Å²) in [6.07, 6.45) is 2.93. The van der Waals surface area contributed by atoms with Crippen LogP contribution in [0, 0.1) is 21.4 Å². The van der Waals surface area contributed by atoms with Crippen molar-refractivity contribution in [2.45, 2.75) is 32.4 Å². The van der Waals surface area contributed by atoms with Gasteiger partial charge in [-0.2, -0.15) is 0 Å². The van der Waals surface area contributed by atoms with E-state index >= 15 is 0 Å². The molecule has 0 amide bonds. The highest BCUT2D eigenvalue weighted by molar-refractivity contribution is 5.75. The van der Waals surface area contributed by atoms with Crippen LogP contribution in [0.15, 0.2) is 42.5 Å². The molecule has 0 aliphatic carbocycles. The van der Waals surface area contributed by atoms with Crippen molar-refractivity contribution in [3.8, 4) is 5.75 Å². The number of para-hydroxylation sites is 1. The van der Waals surface area contributed by atoms with Crippen molar-refractivity contribution in [1.29, 1.82) is 5.41 Å². The molecule has 164 valence electrons. The van der Waals surface area contributed by atoms with Crippen LogP contribution >= 0.6 is 0 Å². The van der Waals surface area contributed by atoms with Crippen LogP contribution in [0.2, 0.25) is 0 Å². The highest BCUT2D eigenvalue weighted by Crippen LogP contribution is 2.26. The van der Waals surface area contributed by atoms with Crippen molar-refractivity contribution in [3.63, 3.8) is 0 Å². The van der Waals surface area contributed by atoms with E-state index in [1.807, 2.05) is 23.1 Å². The first-order valence-electron chi connectivity index (χ1n) is 10.8. The van der Waals surface area contributed by atoms with Gasteiger partial charge in [0.1, 0.15) is 5.75 Å². The Morgan fingerprint density at radius 2 is 1.94 bits per heavy atom. The van der Waals surface area contributed by atoms with Gasteiger partial charge in [-0.25, -0.2) is 0 Å². The molecule has 8 heteroatoms. The number of hydrogen-bond acceptors (Lipinski definition) is 5. The number of guanidine groups is 1. The standard InChI is InChI=1S/C23H29N5O3/c24-23(25)27-12-9-18-5-6-21(13-20(18)15-27)31-16-17-7-10-26(11-8-17)14-19-3-1-2-4-22(19)28(29)30/h1-6,13,17H,7-12,14-16H2,(H3,24,25). The van der Waals surface area contributed by atoms with Gasteiger partial charge in [0.15, 0.2) is 5.96 Å². The number of nitrogens with one attached hydrogen (secondary N) is 1. The first-order chi connectivity index (χ1) is 15.0. The smallest absolute Gasteiger partial charge is 0.273 e. The molecule has 0 aromatic heterocycles. The Morgan fingerprint density at radius 3 is 2.68 bits per heavy atom. The number of ether oxygens (including phenoxy) is 1. The number of likely N-dealkylation sites (tertiary alicyclic amines) is 1. The van der Waals surface area contributed by atoms with E-state index in [2.05, 4.69) is 17.0 Å². The molecule has 2 aromatic carbocycles. The van der Waals surface area contributed by atoms with Gasteiger partial charge in [-0.3, -0.25) is 20.4 Å². The summed E-state index contributed by atoms with van der Waals surface area (Å²) in [7, 11) is 0. The summed E-state index contributed by atoms with van der Waals surface area (Å²) >= 11 is 0. The number of fused-ring (bicyclic) bond motifs is 1. The molecule has 2 aliphatic heterocycles. The lowest BCUT2D eigenvalue weighted by atomic mass is 9.97. The second-order valence-electron chi connectivity index (χ2n) is 8.40. The Labute approximate surface area is 182 Å². The molecule has 2 heterocycles. The van der Waals surface area contributed by atoms with Crippen LogP contribution in [0.5, 0.6) is 5.75 Å². The first kappa shape index (κ1) is 21.1. The van der Waals surface area contributed by atoms with Crippen molar-refractivity contribution in [2.75, 3.05) is 26.2 Å². The van der Waals surface area contributed by atoms with Crippen molar-refractivity contribution in [2.24, 2.45) is 11.7 Å². The second kappa shape index (κ2) is 9.34. The third-order valence-corrected chi connectivity index (χ3v) is 6.31. The Hall–Kier alpha value is -3.13. The molecule has 3 N–H and O–H groups in total. The summed E-state index contributed by atoms with van der Waals surface area (Å²) in [4.78, 5) is 15.1. The Morgan fingerprint density at radius 1 is 1.16 bits per heavy atom. The van der Waals surface area contributed by atoms with E-state index in [9.17, 15) is 10.1 Å². The van der Waals surface area contributed by atoms with E-state index in [1.165, 1.54) is 11.1 Å². The molecule has 0 unspecified atom stereocenters. The van der Waals surface area contributed by atoms with E-state index in [1.54, 1.807) is 12.1 Å². The molecule has 4 rings (SSSR count). The summed E-state index contributed by atoms with van der Waals surface area (Å²) in [6, 6.07) is 13.2. The summed E-state index contributed by atoms with van der Waals surface area (Å²) in [5, 5.41) is 18.9. The van der Waals surface area contributed by atoms with Crippen molar-refractivity contribution in [3.05, 3.63) is 69.3 Å². The minimum Gasteiger partial charge on any atom is -0.493 e. The third-order valence-electron chi connectivity index (χ3n) is 6.31. The van der Waals surface area contributed by atoms with E-state index in [0.29, 0.717) is 25.6 Å². The van der Waals surface area contributed by atoms with Gasteiger partial charge >= 0.3 is 0 Å². The van der Waals surface area contributed by atoms with Crippen LogP contribution in [0.25, 0.3) is 0 Å². The van der Waals surface area contributed by atoms with Crippen molar-refractivity contribution in [1.82, 2.24) is 9.80 Å². The van der Waals surface area contributed by atoms with Gasteiger partial charge in [-0.15, -0.1) is 0 Å². The fourth-order valence-electron chi connectivity index (χ4n) is 4.42. The quantitative estimate of drug-likeness (QED) is 0.320. The molecule has 2 aromatic rings. The maximum Gasteiger partial charge on any atom is 0.273 e. The number of rotatable bonds is 6. The van der Waals surface area contributed by atoms with E-state index in [4.69, 9.17) is 15.9 Å². The number of benzene rings is 2. The second-order valence-corrected chi connectivity index (χ2v) is 8.40. The molecule has 8 nitrogen and oxygen atoms in total. The minimum absolute atomic E-state index is 0.115. The molecule has 0 spiro atoms. The van der Waals surface area contributed by atoms with E-state index < -0.39 is 0 Å². The number of nitrogens with zero attached hydrogens (tertiary/aromatic N) is 3. The first-order valence-corrected chi connectivity index (χ1v) is 10.8. The summed E-state index contributed by atoms with van der Waals surface area (Å²) in [6.45, 7) is 4.56. The van der Waals surface area contributed by atoms with Gasteiger partial charge < -0.3 is 15.4 Å². The third kappa shape index (κ3) is 5.14. The lowest BCUT2D eigenvalue weighted by Crippen LogP contribution is -2.40. The van der Waals surface area contributed by atoms with Crippen LogP contribution in [-0.4, -0.2) is 46.9 Å². The topological polar surface area (TPSA) is 109 Å². The molecule has 31 heavy (non-hydrogen) atoms. The maximum absolute atomic E-state index is 11.2. The normalized spacial score (nSPS) is 17.2. The van der Waals surface area contributed by atoms with E-state index in [-0.39, 0.29) is 16.6 Å². The largest absolute Gasteiger partial charge is 0.493 e. The molecular weight excluding hydrogens is 394 g/mol. The molecule has 0 radical (unpaired) electrons. The number of nitro benzene ring substituents is 1. The number of nitro groups is 1. The zero-order valence-electron chi connectivity index (χ0n) is 17.6. The molecular formula is C23H29N5O3. The van der Waals surface area contributed by atoms with Gasteiger partial charge in [0.25, 0.3) is 5.69 Å². The molecule has 0 atom stereocenters. The fourth-order valence-corrected chi connectivity index (χ4v) is 4.42. The average Bonchev–Trinajstić information content (AvgIpc) is 2.78. The molecule has 0 bridgehead atoms. The zero-order valence-corrected chi connectivity index (χ0v) is 17.6. The van der Waals surface area contributed by atoms with Crippen molar-refractivity contribution >= 4 is 11.6 Å². The van der Waals surface area contributed by atoms with Gasteiger partial charge in [0, 0.05) is 31.3 Å². The highest BCUT2D eigenvalue weighted by Gasteiger charge is 2.23. The van der Waals surface area contributed by atoms with Crippen LogP contribution in [0.3, 0.4) is 0 Å². The highest BCUT2D eigenvalue weighted by atomic mass is 16.6. The van der Waals surface area contributed by atoms with Gasteiger partial charge in [-0.1, -0.05) is 24.3 Å². The summed E-state index contributed by atoms with van der Waals surface area (Å²) < 4.78 is 6.10. The molecule has 1 fully saturated rings. The summed E-state index contributed by atoms with van der Waals surface area (Å²) in [5.41, 5.74) is 9.09. The van der Waals surface area contributed by atoms with Gasteiger partial charge in [0.2, 0.25) is 0 Å². The maximum atomic E-state index is 11.2. The lowest BCUT2D eigenvalue weighted by Gasteiger charge is -2.32. The fraction of sp³-hybridized carbons (Fsp3) is 0.435. The number of hydrogen-bond donors (Lipinski definition) is 2. The molecule has 1 saturated heterocycles. The number of nitrogens with two attached hydrogens (primary N) is 1. The van der Waals surface area contributed by atoms with Crippen LogP contribution in [0.4, 0.5) is 5.69 Å². The van der Waals surface area contributed by atoms with Crippen LogP contribution in [-0.2, 0) is 19.5 Å². The average molecular weight is 424 g/mol. The Bertz CT molecular complexity index is 956. The van der Waals surface area contributed by atoms with Gasteiger partial charge in [0.05, 0.1) is 11.5 Å². The Kier molecular flexibility index (Phi) is 6.36. The molecule has 2 aliphatic rings. The van der Waals surface area contributed by atoms with Crippen molar-refractivity contribution < 1.29 is 9.66 Å². The lowest BCUT2D eigenvalue weighted by molar-refractivity contribution is -0.385. The van der Waals surface area contributed by atoms with E-state index in [0.717, 1.165) is 50.2 Å². The monoisotopic (exact) mass is 423 g/mol. The predicted molar refractivity (Wildman–Crippen MR) is 119 cm³/mol.